The number of nitrogens with zero attached hydrogens (tertiary/aromatic N) is 3. The fourth-order valence-corrected chi connectivity index (χ4v) is 2.26. The van der Waals surface area contributed by atoms with Crippen LogP contribution in [0.25, 0.3) is 12.2 Å². The van der Waals surface area contributed by atoms with Crippen LogP contribution in [0.2, 0.25) is 0 Å². The zero-order chi connectivity index (χ0) is 15.7. The van der Waals surface area contributed by atoms with Crippen molar-refractivity contribution in [2.24, 2.45) is 5.73 Å². The minimum atomic E-state index is -0.668. The number of halogens is 1. The van der Waals surface area contributed by atoms with Crippen molar-refractivity contribution in [1.82, 2.24) is 10.1 Å². The molecular formula is C14H13FN4O3. The van der Waals surface area contributed by atoms with Crippen LogP contribution in [0.5, 0.6) is 0 Å². The van der Waals surface area contributed by atoms with Gasteiger partial charge in [-0.25, -0.2) is 4.39 Å². The highest BCUT2D eigenvalue weighted by molar-refractivity contribution is 5.71. The lowest BCUT2D eigenvalue weighted by molar-refractivity contribution is -0.385. The van der Waals surface area contributed by atoms with Gasteiger partial charge in [-0.15, -0.1) is 0 Å². The average Bonchev–Trinajstić information content (AvgIpc) is 2.92. The fraction of sp³-hybridized carbons (Fsp3) is 0.286. The van der Waals surface area contributed by atoms with E-state index in [1.54, 1.807) is 0 Å². The summed E-state index contributed by atoms with van der Waals surface area (Å²) in [6.45, 7) is 0. The third-order valence-corrected chi connectivity index (χ3v) is 3.73. The highest BCUT2D eigenvalue weighted by Crippen LogP contribution is 2.37. The summed E-state index contributed by atoms with van der Waals surface area (Å²) in [5.41, 5.74) is 5.47. The first-order chi connectivity index (χ1) is 10.5. The molecule has 22 heavy (non-hydrogen) atoms. The van der Waals surface area contributed by atoms with Crippen molar-refractivity contribution in [3.8, 4) is 0 Å². The first-order valence-electron chi connectivity index (χ1n) is 6.73. The molecule has 7 nitrogen and oxygen atoms in total. The number of hydrogen-bond acceptors (Lipinski definition) is 6. The normalized spacial score (nSPS) is 16.6. The molecule has 1 saturated carbocycles. The minimum Gasteiger partial charge on any atom is -0.335 e. The van der Waals surface area contributed by atoms with E-state index in [9.17, 15) is 14.5 Å². The molecule has 1 aromatic heterocycles. The first-order valence-corrected chi connectivity index (χ1v) is 6.73. The summed E-state index contributed by atoms with van der Waals surface area (Å²) in [5, 5.41) is 14.7. The van der Waals surface area contributed by atoms with Gasteiger partial charge in [0.2, 0.25) is 0 Å². The van der Waals surface area contributed by atoms with Crippen molar-refractivity contribution in [1.29, 1.82) is 0 Å². The summed E-state index contributed by atoms with van der Waals surface area (Å²) >= 11 is 0. The molecule has 2 N–H and O–H groups in total. The Morgan fingerprint density at radius 2 is 2.18 bits per heavy atom. The predicted molar refractivity (Wildman–Crippen MR) is 76.0 cm³/mol. The Labute approximate surface area is 124 Å². The number of rotatable bonds is 4. The van der Waals surface area contributed by atoms with Gasteiger partial charge in [-0.05, 0) is 37.5 Å². The Kier molecular flexibility index (Phi) is 3.45. The topological polar surface area (TPSA) is 108 Å². The van der Waals surface area contributed by atoms with Crippen molar-refractivity contribution in [3.63, 3.8) is 0 Å². The van der Waals surface area contributed by atoms with Crippen molar-refractivity contribution in [2.75, 3.05) is 0 Å². The maximum Gasteiger partial charge on any atom is 0.279 e. The zero-order valence-corrected chi connectivity index (χ0v) is 11.5. The van der Waals surface area contributed by atoms with Crippen molar-refractivity contribution in [3.05, 3.63) is 51.4 Å². The van der Waals surface area contributed by atoms with Crippen LogP contribution >= 0.6 is 0 Å². The Morgan fingerprint density at radius 3 is 2.82 bits per heavy atom. The van der Waals surface area contributed by atoms with Crippen LogP contribution in [0, 0.1) is 15.9 Å². The van der Waals surface area contributed by atoms with Crippen LogP contribution in [0.4, 0.5) is 10.1 Å². The Balaban J connectivity index is 1.84. The smallest absolute Gasteiger partial charge is 0.279 e. The summed E-state index contributed by atoms with van der Waals surface area (Å²) in [4.78, 5) is 14.4. The maximum atomic E-state index is 13.1. The first kappa shape index (κ1) is 14.3. The summed E-state index contributed by atoms with van der Waals surface area (Å²) in [7, 11) is 0. The lowest BCUT2D eigenvalue weighted by Gasteiger charge is -2.34. The van der Waals surface area contributed by atoms with Gasteiger partial charge in [0, 0.05) is 6.08 Å². The molecule has 0 atom stereocenters. The Morgan fingerprint density at radius 1 is 1.41 bits per heavy atom. The monoisotopic (exact) mass is 304 g/mol. The van der Waals surface area contributed by atoms with Gasteiger partial charge in [0.25, 0.3) is 11.6 Å². The van der Waals surface area contributed by atoms with E-state index in [0.29, 0.717) is 5.82 Å². The Bertz CT molecular complexity index is 752. The molecule has 0 spiro atoms. The molecule has 3 rings (SSSR count). The van der Waals surface area contributed by atoms with Crippen LogP contribution in [0.15, 0.2) is 22.7 Å². The molecule has 0 saturated heterocycles. The minimum absolute atomic E-state index is 0.199. The third-order valence-electron chi connectivity index (χ3n) is 3.73. The molecule has 0 radical (unpaired) electrons. The third kappa shape index (κ3) is 2.60. The molecule has 0 unspecified atom stereocenters. The molecule has 2 aromatic rings. The molecule has 1 fully saturated rings. The summed E-state index contributed by atoms with van der Waals surface area (Å²) < 4.78 is 18.1. The highest BCUT2D eigenvalue weighted by Gasteiger charge is 2.38. The van der Waals surface area contributed by atoms with E-state index < -0.39 is 16.3 Å². The van der Waals surface area contributed by atoms with Crippen LogP contribution in [-0.4, -0.2) is 15.1 Å². The van der Waals surface area contributed by atoms with Crippen molar-refractivity contribution >= 4 is 17.8 Å². The summed E-state index contributed by atoms with van der Waals surface area (Å²) in [6, 6.07) is 3.33. The van der Waals surface area contributed by atoms with Crippen LogP contribution in [-0.2, 0) is 5.54 Å². The molecule has 8 heteroatoms. The van der Waals surface area contributed by atoms with Gasteiger partial charge >= 0.3 is 0 Å². The SMILES string of the molecule is NC1(c2noc(/C=C/c3ccc(F)cc3[N+](=O)[O-])n2)CCC1. The number of nitro benzene ring substituents is 1. The largest absolute Gasteiger partial charge is 0.335 e. The van der Waals surface area contributed by atoms with Gasteiger partial charge in [0.15, 0.2) is 5.82 Å². The number of nitro groups is 1. The number of aromatic nitrogens is 2. The molecule has 1 aliphatic rings. The number of benzene rings is 1. The Hall–Kier alpha value is -2.61. The average molecular weight is 304 g/mol. The van der Waals surface area contributed by atoms with Gasteiger partial charge in [-0.3, -0.25) is 10.1 Å². The van der Waals surface area contributed by atoms with E-state index in [2.05, 4.69) is 10.1 Å². The second-order valence-corrected chi connectivity index (χ2v) is 5.26. The van der Waals surface area contributed by atoms with Gasteiger partial charge < -0.3 is 10.3 Å². The molecule has 1 aromatic carbocycles. The molecule has 0 aliphatic heterocycles. The maximum absolute atomic E-state index is 13.1. The summed E-state index contributed by atoms with van der Waals surface area (Å²) in [6.07, 6.45) is 5.51. The second kappa shape index (κ2) is 5.30. The van der Waals surface area contributed by atoms with Crippen molar-refractivity contribution in [2.45, 2.75) is 24.8 Å². The van der Waals surface area contributed by atoms with E-state index in [1.807, 2.05) is 0 Å². The molecule has 114 valence electrons. The lowest BCUT2D eigenvalue weighted by Crippen LogP contribution is -2.44. The lowest BCUT2D eigenvalue weighted by atomic mass is 9.77. The zero-order valence-electron chi connectivity index (χ0n) is 11.5. The molecule has 0 bridgehead atoms. The van der Waals surface area contributed by atoms with Gasteiger partial charge in [-0.2, -0.15) is 4.98 Å². The quantitative estimate of drug-likeness (QED) is 0.687. The van der Waals surface area contributed by atoms with E-state index in [4.69, 9.17) is 10.3 Å². The predicted octanol–water partition coefficient (Wildman–Crippen LogP) is 2.63. The molecule has 0 amide bonds. The molecular weight excluding hydrogens is 291 g/mol. The van der Waals surface area contributed by atoms with E-state index >= 15 is 0 Å². The number of hydrogen-bond donors (Lipinski definition) is 1. The van der Waals surface area contributed by atoms with Crippen molar-refractivity contribution < 1.29 is 13.8 Å². The van der Waals surface area contributed by atoms with E-state index in [-0.39, 0.29) is 17.1 Å². The van der Waals surface area contributed by atoms with Gasteiger partial charge in [-0.1, -0.05) is 5.16 Å². The summed E-state index contributed by atoms with van der Waals surface area (Å²) in [5.74, 6) is -0.0312. The van der Waals surface area contributed by atoms with Crippen LogP contribution < -0.4 is 5.73 Å². The van der Waals surface area contributed by atoms with Crippen LogP contribution in [0.3, 0.4) is 0 Å². The second-order valence-electron chi connectivity index (χ2n) is 5.26. The highest BCUT2D eigenvalue weighted by atomic mass is 19.1. The van der Waals surface area contributed by atoms with Gasteiger partial charge in [0.1, 0.15) is 5.82 Å². The van der Waals surface area contributed by atoms with Crippen LogP contribution in [0.1, 0.15) is 36.5 Å². The molecule has 1 heterocycles. The molecule has 1 aliphatic carbocycles. The standard InChI is InChI=1S/C14H13FN4O3/c15-10-4-2-9(11(8-10)19(20)21)3-5-12-17-13(18-22-12)14(16)6-1-7-14/h2-5,8H,1,6-7,16H2/b5-3+. The fourth-order valence-electron chi connectivity index (χ4n) is 2.26. The van der Waals surface area contributed by atoms with E-state index in [0.717, 1.165) is 31.4 Å². The van der Waals surface area contributed by atoms with E-state index in [1.165, 1.54) is 18.2 Å². The number of nitrogens with two attached hydrogens (primary N) is 1. The van der Waals surface area contributed by atoms with Gasteiger partial charge in [0.05, 0.1) is 22.1 Å².